The second-order valence-corrected chi connectivity index (χ2v) is 7.78. The third-order valence-corrected chi connectivity index (χ3v) is 5.99. The third kappa shape index (κ3) is 4.67. The Kier molecular flexibility index (Phi) is 6.38. The zero-order chi connectivity index (χ0) is 20.9. The van der Waals surface area contributed by atoms with Crippen LogP contribution in [0, 0.1) is 5.82 Å². The minimum atomic E-state index is -0.184. The van der Waals surface area contributed by atoms with Gasteiger partial charge in [0, 0.05) is 58.0 Å². The molecule has 7 heteroatoms. The predicted molar refractivity (Wildman–Crippen MR) is 117 cm³/mol. The summed E-state index contributed by atoms with van der Waals surface area (Å²) < 4.78 is 19.2. The Hall–Kier alpha value is -2.80. The summed E-state index contributed by atoms with van der Waals surface area (Å²) in [7, 11) is 1.67. The van der Waals surface area contributed by atoms with Crippen molar-refractivity contribution in [3.8, 4) is 5.75 Å². The van der Waals surface area contributed by atoms with Gasteiger partial charge in [0.15, 0.2) is 0 Å². The maximum Gasteiger partial charge on any atom is 0.236 e. The lowest BCUT2D eigenvalue weighted by molar-refractivity contribution is -0.132. The van der Waals surface area contributed by atoms with Gasteiger partial charge in [-0.3, -0.25) is 9.69 Å². The Morgan fingerprint density at radius 1 is 0.867 bits per heavy atom. The van der Waals surface area contributed by atoms with Crippen molar-refractivity contribution in [1.29, 1.82) is 0 Å². The number of carbonyl (C=O) groups excluding carboxylic acids is 1. The van der Waals surface area contributed by atoms with Crippen molar-refractivity contribution < 1.29 is 13.9 Å². The maximum atomic E-state index is 14.0. The molecule has 4 rings (SSSR count). The highest BCUT2D eigenvalue weighted by Gasteiger charge is 2.25. The van der Waals surface area contributed by atoms with Crippen molar-refractivity contribution in [3.05, 3.63) is 54.3 Å². The van der Waals surface area contributed by atoms with E-state index >= 15 is 0 Å². The zero-order valence-electron chi connectivity index (χ0n) is 17.5. The Balaban J connectivity index is 1.23. The number of hydrogen-bond acceptors (Lipinski definition) is 5. The van der Waals surface area contributed by atoms with Gasteiger partial charge in [0.1, 0.15) is 11.6 Å². The molecule has 0 radical (unpaired) electrons. The van der Waals surface area contributed by atoms with Gasteiger partial charge in [0.25, 0.3) is 0 Å². The lowest BCUT2D eigenvalue weighted by Crippen LogP contribution is -2.54. The van der Waals surface area contributed by atoms with Crippen LogP contribution in [0.3, 0.4) is 0 Å². The van der Waals surface area contributed by atoms with Gasteiger partial charge in [0.05, 0.1) is 19.3 Å². The van der Waals surface area contributed by atoms with Gasteiger partial charge in [-0.2, -0.15) is 0 Å². The van der Waals surface area contributed by atoms with Crippen LogP contribution in [0.2, 0.25) is 0 Å². The molecular weight excluding hydrogens is 383 g/mol. The van der Waals surface area contributed by atoms with Gasteiger partial charge < -0.3 is 19.4 Å². The number of amides is 1. The summed E-state index contributed by atoms with van der Waals surface area (Å²) in [6.45, 7) is 6.59. The van der Waals surface area contributed by atoms with Gasteiger partial charge in [-0.25, -0.2) is 4.39 Å². The second-order valence-electron chi connectivity index (χ2n) is 7.78. The highest BCUT2D eigenvalue weighted by atomic mass is 19.1. The van der Waals surface area contributed by atoms with Gasteiger partial charge >= 0.3 is 0 Å². The summed E-state index contributed by atoms with van der Waals surface area (Å²) in [4.78, 5) is 21.3. The first-order valence-corrected chi connectivity index (χ1v) is 10.5. The van der Waals surface area contributed by atoms with Gasteiger partial charge in [-0.1, -0.05) is 12.1 Å². The Morgan fingerprint density at radius 3 is 2.13 bits per heavy atom. The first kappa shape index (κ1) is 20.5. The van der Waals surface area contributed by atoms with Crippen LogP contribution in [0.5, 0.6) is 5.75 Å². The quantitative estimate of drug-likeness (QED) is 0.754. The summed E-state index contributed by atoms with van der Waals surface area (Å²) in [6, 6.07) is 14.9. The molecule has 30 heavy (non-hydrogen) atoms. The predicted octanol–water partition coefficient (Wildman–Crippen LogP) is 2.31. The molecule has 0 atom stereocenters. The van der Waals surface area contributed by atoms with E-state index in [1.165, 1.54) is 6.07 Å². The van der Waals surface area contributed by atoms with E-state index < -0.39 is 0 Å². The molecule has 0 unspecified atom stereocenters. The number of rotatable bonds is 5. The molecule has 2 aromatic carbocycles. The van der Waals surface area contributed by atoms with E-state index in [1.54, 1.807) is 13.2 Å². The van der Waals surface area contributed by atoms with Crippen LogP contribution in [-0.2, 0) is 4.79 Å². The average Bonchev–Trinajstić information content (AvgIpc) is 2.80. The average molecular weight is 413 g/mol. The number of nitrogens with zero attached hydrogens (tertiary/aromatic N) is 4. The van der Waals surface area contributed by atoms with E-state index in [2.05, 4.69) is 26.8 Å². The maximum absolute atomic E-state index is 14.0. The molecule has 2 aliphatic rings. The number of anilines is 2. The Labute approximate surface area is 177 Å². The van der Waals surface area contributed by atoms with Crippen LogP contribution < -0.4 is 14.5 Å². The zero-order valence-corrected chi connectivity index (χ0v) is 17.5. The SMILES string of the molecule is COc1ccc(N2CCN(C(=O)CN3CCN(c4ccccc4F)CC3)CC2)cc1. The van der Waals surface area contributed by atoms with Crippen LogP contribution in [0.15, 0.2) is 48.5 Å². The van der Waals surface area contributed by atoms with E-state index in [0.29, 0.717) is 12.2 Å². The molecule has 0 saturated carbocycles. The second kappa shape index (κ2) is 9.34. The van der Waals surface area contributed by atoms with Crippen LogP contribution >= 0.6 is 0 Å². The molecule has 0 bridgehead atoms. The minimum absolute atomic E-state index is 0.184. The van der Waals surface area contributed by atoms with E-state index in [-0.39, 0.29) is 11.7 Å². The summed E-state index contributed by atoms with van der Waals surface area (Å²) in [5, 5.41) is 0. The van der Waals surface area contributed by atoms with Crippen LogP contribution in [0.4, 0.5) is 15.8 Å². The molecule has 2 fully saturated rings. The number of carbonyl (C=O) groups is 1. The number of hydrogen-bond donors (Lipinski definition) is 0. The van der Waals surface area contributed by atoms with Crippen LogP contribution in [0.25, 0.3) is 0 Å². The van der Waals surface area contributed by atoms with E-state index in [1.807, 2.05) is 29.2 Å². The van der Waals surface area contributed by atoms with Gasteiger partial charge in [-0.05, 0) is 36.4 Å². The largest absolute Gasteiger partial charge is 0.497 e. The monoisotopic (exact) mass is 412 g/mol. The number of para-hydroxylation sites is 1. The molecule has 0 aliphatic carbocycles. The van der Waals surface area contributed by atoms with Gasteiger partial charge in [-0.15, -0.1) is 0 Å². The van der Waals surface area contributed by atoms with Crippen LogP contribution in [0.1, 0.15) is 0 Å². The summed E-state index contributed by atoms with van der Waals surface area (Å²) in [5.41, 5.74) is 1.81. The van der Waals surface area contributed by atoms with E-state index in [9.17, 15) is 9.18 Å². The Morgan fingerprint density at radius 2 is 1.50 bits per heavy atom. The minimum Gasteiger partial charge on any atom is -0.497 e. The standard InChI is InChI=1S/C23H29FN4O2/c1-30-20-8-6-19(7-9-20)26-14-16-28(17-15-26)23(29)18-25-10-12-27(13-11-25)22-5-3-2-4-21(22)24/h2-9H,10-18H2,1H3. The fourth-order valence-corrected chi connectivity index (χ4v) is 4.15. The summed E-state index contributed by atoms with van der Waals surface area (Å²) >= 11 is 0. The first-order valence-electron chi connectivity index (χ1n) is 10.5. The molecule has 0 N–H and O–H groups in total. The smallest absolute Gasteiger partial charge is 0.236 e. The lowest BCUT2D eigenvalue weighted by atomic mass is 10.2. The number of piperazine rings is 2. The molecule has 1 amide bonds. The molecule has 2 aliphatic heterocycles. The van der Waals surface area contributed by atoms with Crippen molar-refractivity contribution in [2.75, 3.05) is 75.8 Å². The van der Waals surface area contributed by atoms with E-state index in [4.69, 9.17) is 4.74 Å². The molecule has 6 nitrogen and oxygen atoms in total. The lowest BCUT2D eigenvalue weighted by Gasteiger charge is -2.39. The fourth-order valence-electron chi connectivity index (χ4n) is 4.15. The number of benzene rings is 2. The molecule has 0 aromatic heterocycles. The number of halogens is 1. The first-order chi connectivity index (χ1) is 14.6. The summed E-state index contributed by atoms with van der Waals surface area (Å²) in [5.74, 6) is 0.850. The highest BCUT2D eigenvalue weighted by Crippen LogP contribution is 2.22. The van der Waals surface area contributed by atoms with Crippen molar-refractivity contribution in [2.45, 2.75) is 0 Å². The molecule has 2 heterocycles. The number of ether oxygens (including phenoxy) is 1. The van der Waals surface area contributed by atoms with E-state index in [0.717, 1.165) is 63.8 Å². The molecule has 2 aromatic rings. The van der Waals surface area contributed by atoms with Crippen molar-refractivity contribution in [2.24, 2.45) is 0 Å². The fraction of sp³-hybridized carbons (Fsp3) is 0.435. The van der Waals surface area contributed by atoms with Gasteiger partial charge in [0.2, 0.25) is 5.91 Å². The summed E-state index contributed by atoms with van der Waals surface area (Å²) in [6.07, 6.45) is 0. The normalized spacial score (nSPS) is 17.9. The Bertz CT molecular complexity index is 845. The van der Waals surface area contributed by atoms with Crippen molar-refractivity contribution >= 4 is 17.3 Å². The topological polar surface area (TPSA) is 39.3 Å². The number of methoxy groups -OCH3 is 1. The van der Waals surface area contributed by atoms with Crippen molar-refractivity contribution in [1.82, 2.24) is 9.80 Å². The molecule has 0 spiro atoms. The third-order valence-electron chi connectivity index (χ3n) is 5.99. The molecular formula is C23H29FN4O2. The van der Waals surface area contributed by atoms with Crippen molar-refractivity contribution in [3.63, 3.8) is 0 Å². The molecule has 2 saturated heterocycles. The molecule has 160 valence electrons. The van der Waals surface area contributed by atoms with Crippen LogP contribution in [-0.4, -0.2) is 81.7 Å². The highest BCUT2D eigenvalue weighted by molar-refractivity contribution is 5.78.